The Hall–Kier alpha value is -0.910. The van der Waals surface area contributed by atoms with E-state index in [2.05, 4.69) is 5.32 Å². The van der Waals surface area contributed by atoms with Crippen molar-refractivity contribution in [3.63, 3.8) is 0 Å². The SMILES string of the molecule is COCCNC(=S)N(Cc1c(F)cccc1Cl)C1CC1. The van der Waals surface area contributed by atoms with Gasteiger partial charge in [0, 0.05) is 36.8 Å². The van der Waals surface area contributed by atoms with Crippen molar-refractivity contribution in [1.29, 1.82) is 0 Å². The highest BCUT2D eigenvalue weighted by molar-refractivity contribution is 7.80. The Morgan fingerprint density at radius 1 is 1.55 bits per heavy atom. The van der Waals surface area contributed by atoms with E-state index in [-0.39, 0.29) is 5.82 Å². The van der Waals surface area contributed by atoms with Gasteiger partial charge in [-0.2, -0.15) is 0 Å². The monoisotopic (exact) mass is 316 g/mol. The number of hydrogen-bond acceptors (Lipinski definition) is 2. The summed E-state index contributed by atoms with van der Waals surface area (Å²) in [6, 6.07) is 5.12. The van der Waals surface area contributed by atoms with Crippen LogP contribution in [-0.2, 0) is 11.3 Å². The molecule has 1 saturated carbocycles. The highest BCUT2D eigenvalue weighted by atomic mass is 35.5. The Bertz CT molecular complexity index is 462. The van der Waals surface area contributed by atoms with Gasteiger partial charge in [-0.25, -0.2) is 4.39 Å². The third-order valence-electron chi connectivity index (χ3n) is 3.22. The first-order valence-corrected chi connectivity index (χ1v) is 7.38. The molecule has 1 aliphatic carbocycles. The van der Waals surface area contributed by atoms with Gasteiger partial charge in [0.05, 0.1) is 6.61 Å². The number of hydrogen-bond donors (Lipinski definition) is 1. The number of methoxy groups -OCH3 is 1. The molecule has 0 unspecified atom stereocenters. The normalized spacial score (nSPS) is 14.2. The predicted molar refractivity (Wildman–Crippen MR) is 82.5 cm³/mol. The van der Waals surface area contributed by atoms with E-state index in [4.69, 9.17) is 28.6 Å². The zero-order valence-electron chi connectivity index (χ0n) is 11.4. The van der Waals surface area contributed by atoms with Crippen LogP contribution in [-0.4, -0.2) is 36.3 Å². The summed E-state index contributed by atoms with van der Waals surface area (Å²) in [6.45, 7) is 1.62. The Balaban J connectivity index is 2.04. The second-order valence-corrected chi connectivity index (χ2v) is 5.58. The molecule has 1 N–H and O–H groups in total. The van der Waals surface area contributed by atoms with Gasteiger partial charge in [-0.05, 0) is 37.2 Å². The molecular formula is C14H18ClFN2OS. The zero-order valence-corrected chi connectivity index (χ0v) is 12.9. The van der Waals surface area contributed by atoms with Gasteiger partial charge in [0.1, 0.15) is 5.82 Å². The molecule has 0 spiro atoms. The van der Waals surface area contributed by atoms with E-state index in [1.807, 2.05) is 4.90 Å². The maximum absolute atomic E-state index is 13.9. The molecule has 0 amide bonds. The van der Waals surface area contributed by atoms with Crippen LogP contribution in [0.5, 0.6) is 0 Å². The fraction of sp³-hybridized carbons (Fsp3) is 0.500. The van der Waals surface area contributed by atoms with Gasteiger partial charge in [-0.1, -0.05) is 17.7 Å². The van der Waals surface area contributed by atoms with Gasteiger partial charge < -0.3 is 15.0 Å². The summed E-state index contributed by atoms with van der Waals surface area (Å²) in [4.78, 5) is 2.01. The van der Waals surface area contributed by atoms with Crippen LogP contribution in [0.25, 0.3) is 0 Å². The highest BCUT2D eigenvalue weighted by Crippen LogP contribution is 2.30. The van der Waals surface area contributed by atoms with Crippen LogP contribution in [0.15, 0.2) is 18.2 Å². The molecule has 0 saturated heterocycles. The summed E-state index contributed by atoms with van der Waals surface area (Å²) in [5, 5.41) is 4.20. The summed E-state index contributed by atoms with van der Waals surface area (Å²) < 4.78 is 18.9. The molecule has 6 heteroatoms. The molecule has 1 aromatic rings. The number of rotatable bonds is 6. The summed E-state index contributed by atoms with van der Waals surface area (Å²) >= 11 is 11.5. The van der Waals surface area contributed by atoms with Crippen molar-refractivity contribution in [2.24, 2.45) is 0 Å². The van der Waals surface area contributed by atoms with Crippen LogP contribution >= 0.6 is 23.8 Å². The first-order chi connectivity index (χ1) is 9.63. The molecular weight excluding hydrogens is 299 g/mol. The minimum atomic E-state index is -0.289. The van der Waals surface area contributed by atoms with Crippen molar-refractivity contribution in [3.05, 3.63) is 34.6 Å². The van der Waals surface area contributed by atoms with E-state index in [1.165, 1.54) is 6.07 Å². The molecule has 0 aromatic heterocycles. The lowest BCUT2D eigenvalue weighted by atomic mass is 10.2. The quantitative estimate of drug-likeness (QED) is 0.644. The molecule has 110 valence electrons. The molecule has 3 nitrogen and oxygen atoms in total. The number of nitrogens with zero attached hydrogens (tertiary/aromatic N) is 1. The average molecular weight is 317 g/mol. The highest BCUT2D eigenvalue weighted by Gasteiger charge is 2.31. The van der Waals surface area contributed by atoms with Crippen LogP contribution in [0.4, 0.5) is 4.39 Å². The van der Waals surface area contributed by atoms with Gasteiger partial charge in [-0.3, -0.25) is 0 Å². The summed E-state index contributed by atoms with van der Waals surface area (Å²) in [5.41, 5.74) is 0.497. The summed E-state index contributed by atoms with van der Waals surface area (Å²) in [5.74, 6) is -0.289. The minimum absolute atomic E-state index is 0.289. The van der Waals surface area contributed by atoms with Crippen molar-refractivity contribution in [1.82, 2.24) is 10.2 Å². The Morgan fingerprint density at radius 3 is 2.90 bits per heavy atom. The molecule has 0 radical (unpaired) electrons. The average Bonchev–Trinajstić information content (AvgIpc) is 3.23. The van der Waals surface area contributed by atoms with E-state index < -0.39 is 0 Å². The number of thiocarbonyl (C=S) groups is 1. The molecule has 1 fully saturated rings. The van der Waals surface area contributed by atoms with Crippen LogP contribution in [0.2, 0.25) is 5.02 Å². The lowest BCUT2D eigenvalue weighted by molar-refractivity contribution is 0.202. The van der Waals surface area contributed by atoms with Gasteiger partial charge >= 0.3 is 0 Å². The molecule has 0 atom stereocenters. The van der Waals surface area contributed by atoms with Crippen molar-refractivity contribution in [3.8, 4) is 0 Å². The van der Waals surface area contributed by atoms with Crippen molar-refractivity contribution in [2.45, 2.75) is 25.4 Å². The maximum atomic E-state index is 13.9. The van der Waals surface area contributed by atoms with Gasteiger partial charge in [0.2, 0.25) is 0 Å². The Morgan fingerprint density at radius 2 is 2.30 bits per heavy atom. The third-order valence-corrected chi connectivity index (χ3v) is 3.95. The molecule has 0 aliphatic heterocycles. The van der Waals surface area contributed by atoms with E-state index >= 15 is 0 Å². The summed E-state index contributed by atoms with van der Waals surface area (Å²) in [7, 11) is 1.64. The molecule has 0 bridgehead atoms. The Labute approximate surface area is 129 Å². The molecule has 1 aromatic carbocycles. The van der Waals surface area contributed by atoms with Crippen molar-refractivity contribution >= 4 is 28.9 Å². The van der Waals surface area contributed by atoms with E-state index in [9.17, 15) is 4.39 Å². The fourth-order valence-corrected chi connectivity index (χ4v) is 2.51. The largest absolute Gasteiger partial charge is 0.383 e. The number of benzene rings is 1. The topological polar surface area (TPSA) is 24.5 Å². The standard InChI is InChI=1S/C14H18ClFN2OS/c1-19-8-7-17-14(20)18(10-5-6-10)9-11-12(15)3-2-4-13(11)16/h2-4,10H,5-9H2,1H3,(H,17,20). The van der Waals surface area contributed by atoms with Gasteiger partial charge in [0.15, 0.2) is 5.11 Å². The second-order valence-electron chi connectivity index (χ2n) is 4.78. The third kappa shape index (κ3) is 4.04. The van der Waals surface area contributed by atoms with Crippen molar-refractivity contribution < 1.29 is 9.13 Å². The van der Waals surface area contributed by atoms with Gasteiger partial charge in [0.25, 0.3) is 0 Å². The fourth-order valence-electron chi connectivity index (χ4n) is 1.97. The first kappa shape index (κ1) is 15.5. The van der Waals surface area contributed by atoms with Gasteiger partial charge in [-0.15, -0.1) is 0 Å². The minimum Gasteiger partial charge on any atom is -0.383 e. The Kier molecular flexibility index (Phi) is 5.57. The second kappa shape index (κ2) is 7.20. The van der Waals surface area contributed by atoms with Crippen LogP contribution in [0, 0.1) is 5.82 Å². The van der Waals surface area contributed by atoms with Crippen LogP contribution in [0.1, 0.15) is 18.4 Å². The molecule has 2 rings (SSSR count). The zero-order chi connectivity index (χ0) is 14.5. The lowest BCUT2D eigenvalue weighted by Crippen LogP contribution is -2.42. The first-order valence-electron chi connectivity index (χ1n) is 6.59. The van der Waals surface area contributed by atoms with Crippen LogP contribution in [0.3, 0.4) is 0 Å². The van der Waals surface area contributed by atoms with E-state index in [0.29, 0.717) is 41.4 Å². The predicted octanol–water partition coefficient (Wildman–Crippen LogP) is 2.96. The lowest BCUT2D eigenvalue weighted by Gasteiger charge is -2.26. The summed E-state index contributed by atoms with van der Waals surface area (Å²) in [6.07, 6.45) is 2.16. The maximum Gasteiger partial charge on any atom is 0.169 e. The number of ether oxygens (including phenoxy) is 1. The molecule has 20 heavy (non-hydrogen) atoms. The van der Waals surface area contributed by atoms with E-state index in [0.717, 1.165) is 12.8 Å². The van der Waals surface area contributed by atoms with Crippen LogP contribution < -0.4 is 5.32 Å². The number of nitrogens with one attached hydrogen (secondary N) is 1. The molecule has 0 heterocycles. The van der Waals surface area contributed by atoms with Crippen molar-refractivity contribution in [2.75, 3.05) is 20.3 Å². The number of halogens is 2. The smallest absolute Gasteiger partial charge is 0.169 e. The van der Waals surface area contributed by atoms with E-state index in [1.54, 1.807) is 19.2 Å². The molecule has 1 aliphatic rings.